The molecule has 0 heterocycles. The van der Waals surface area contributed by atoms with Crippen LogP contribution in [0.4, 0.5) is 10.1 Å². The molecule has 0 aromatic heterocycles. The smallest absolute Gasteiger partial charge is 0.265 e. The highest BCUT2D eigenvalue weighted by Gasteiger charge is 2.06. The van der Waals surface area contributed by atoms with Crippen molar-refractivity contribution in [2.45, 2.75) is 6.92 Å². The summed E-state index contributed by atoms with van der Waals surface area (Å²) in [4.78, 5) is 5.11. The van der Waals surface area contributed by atoms with Gasteiger partial charge in [-0.25, -0.2) is 14.5 Å². The van der Waals surface area contributed by atoms with Crippen molar-refractivity contribution in [2.75, 3.05) is 25.2 Å². The predicted octanol–water partition coefficient (Wildman–Crippen LogP) is 4.42. The monoisotopic (exact) mass is 293 g/mol. The minimum absolute atomic E-state index is 0.110. The van der Waals surface area contributed by atoms with Gasteiger partial charge in [0.25, 0.3) is 5.70 Å². The number of benzene rings is 2. The first-order valence-corrected chi connectivity index (χ1v) is 6.90. The van der Waals surface area contributed by atoms with E-state index < -0.39 is 0 Å². The summed E-state index contributed by atoms with van der Waals surface area (Å²) < 4.78 is 12.4. The Hall–Kier alpha value is -2.85. The second-order valence-corrected chi connectivity index (χ2v) is 5.05. The number of rotatable bonds is 4. The summed E-state index contributed by atoms with van der Waals surface area (Å²) in [6.07, 6.45) is 0. The van der Waals surface area contributed by atoms with Crippen molar-refractivity contribution in [3.05, 3.63) is 59.1 Å². The highest BCUT2D eigenvalue weighted by Crippen LogP contribution is 2.26. The van der Waals surface area contributed by atoms with Gasteiger partial charge >= 0.3 is 0 Å². The van der Waals surface area contributed by atoms with E-state index in [0.29, 0.717) is 12.1 Å². The highest BCUT2D eigenvalue weighted by molar-refractivity contribution is 5.89. The van der Waals surface area contributed by atoms with E-state index in [1.54, 1.807) is 6.92 Å². The number of allylic oxidation sites excluding steroid dienone is 2. The van der Waals surface area contributed by atoms with E-state index in [4.69, 9.17) is 11.8 Å². The predicted molar refractivity (Wildman–Crippen MR) is 88.0 cm³/mol. The van der Waals surface area contributed by atoms with Crippen LogP contribution in [-0.2, 0) is 0 Å². The molecule has 0 aliphatic rings. The van der Waals surface area contributed by atoms with Crippen LogP contribution in [0.5, 0.6) is 0 Å². The number of anilines is 1. The molecular weight excluding hydrogens is 277 g/mol. The molecular formula is C18H16FN3. The van der Waals surface area contributed by atoms with Gasteiger partial charge in [-0.2, -0.15) is 0 Å². The Morgan fingerprint density at radius 2 is 1.95 bits per heavy atom. The van der Waals surface area contributed by atoms with Crippen LogP contribution in [0.1, 0.15) is 12.5 Å². The fraction of sp³-hybridized carbons (Fsp3) is 0.222. The molecule has 2 aromatic carbocycles. The van der Waals surface area contributed by atoms with Crippen LogP contribution in [0.15, 0.2) is 42.1 Å². The third-order valence-electron chi connectivity index (χ3n) is 3.69. The maximum absolute atomic E-state index is 12.4. The van der Waals surface area contributed by atoms with Gasteiger partial charge in [-0.1, -0.05) is 18.2 Å². The van der Waals surface area contributed by atoms with Gasteiger partial charge in [-0.15, -0.1) is 0 Å². The van der Waals surface area contributed by atoms with Crippen molar-refractivity contribution in [3.8, 4) is 6.07 Å². The molecule has 0 fully saturated rings. The molecule has 110 valence electrons. The Morgan fingerprint density at radius 1 is 1.27 bits per heavy atom. The average Bonchev–Trinajstić information content (AvgIpc) is 2.55. The Morgan fingerprint density at radius 3 is 2.59 bits per heavy atom. The molecule has 0 bridgehead atoms. The Kier molecular flexibility index (Phi) is 4.76. The Balaban J connectivity index is 2.46. The largest absolute Gasteiger partial charge is 0.372 e. The van der Waals surface area contributed by atoms with Gasteiger partial charge in [0.15, 0.2) is 0 Å². The van der Waals surface area contributed by atoms with Crippen molar-refractivity contribution in [1.82, 2.24) is 0 Å². The molecule has 3 nitrogen and oxygen atoms in total. The molecule has 4 heteroatoms. The highest BCUT2D eigenvalue weighted by atomic mass is 19.1. The molecule has 0 amide bonds. The number of hydrogen-bond acceptors (Lipinski definition) is 2. The third-order valence-corrected chi connectivity index (χ3v) is 3.69. The zero-order valence-corrected chi connectivity index (χ0v) is 12.6. The number of nitrogens with zero attached hydrogens (tertiary/aromatic N) is 3. The van der Waals surface area contributed by atoms with Gasteiger partial charge < -0.3 is 4.90 Å². The van der Waals surface area contributed by atoms with Crippen LogP contribution in [0.2, 0.25) is 0 Å². The SMILES string of the molecule is [C-]#[N+]/C(C#N)=C(/C)c1ccc2cc(N(C)CCF)ccc2c1. The molecule has 0 N–H and O–H groups in total. The lowest BCUT2D eigenvalue weighted by molar-refractivity contribution is 0.497. The number of halogens is 1. The lowest BCUT2D eigenvalue weighted by Gasteiger charge is -2.18. The topological polar surface area (TPSA) is 31.4 Å². The van der Waals surface area contributed by atoms with E-state index in [2.05, 4.69) is 4.85 Å². The number of nitriles is 1. The van der Waals surface area contributed by atoms with Gasteiger partial charge in [0.2, 0.25) is 0 Å². The van der Waals surface area contributed by atoms with Gasteiger partial charge in [-0.3, -0.25) is 0 Å². The zero-order valence-electron chi connectivity index (χ0n) is 12.6. The second kappa shape index (κ2) is 6.74. The van der Waals surface area contributed by atoms with Crippen LogP contribution in [0.3, 0.4) is 0 Å². The van der Waals surface area contributed by atoms with Gasteiger partial charge in [0.1, 0.15) is 6.67 Å². The summed E-state index contributed by atoms with van der Waals surface area (Å²) in [5.74, 6) is 0. The maximum atomic E-state index is 12.4. The summed E-state index contributed by atoms with van der Waals surface area (Å²) in [6.45, 7) is 8.78. The fourth-order valence-electron chi connectivity index (χ4n) is 2.29. The first kappa shape index (κ1) is 15.5. The van der Waals surface area contributed by atoms with Crippen molar-refractivity contribution >= 4 is 22.0 Å². The molecule has 0 saturated heterocycles. The van der Waals surface area contributed by atoms with E-state index in [1.807, 2.05) is 54.4 Å². The minimum Gasteiger partial charge on any atom is -0.372 e. The number of alkyl halides is 1. The summed E-state index contributed by atoms with van der Waals surface area (Å²) >= 11 is 0. The summed E-state index contributed by atoms with van der Waals surface area (Å²) in [7, 11) is 1.86. The Bertz CT molecular complexity index is 793. The molecule has 0 aliphatic carbocycles. The van der Waals surface area contributed by atoms with E-state index in [1.165, 1.54) is 0 Å². The van der Waals surface area contributed by atoms with Crippen LogP contribution in [0.25, 0.3) is 21.2 Å². The van der Waals surface area contributed by atoms with Gasteiger partial charge in [0, 0.05) is 19.3 Å². The maximum Gasteiger partial charge on any atom is 0.265 e. The Labute approximate surface area is 129 Å². The lowest BCUT2D eigenvalue weighted by atomic mass is 10.0. The van der Waals surface area contributed by atoms with Crippen molar-refractivity contribution in [1.29, 1.82) is 5.26 Å². The van der Waals surface area contributed by atoms with E-state index in [0.717, 1.165) is 22.0 Å². The molecule has 2 aromatic rings. The lowest BCUT2D eigenvalue weighted by Crippen LogP contribution is -2.19. The van der Waals surface area contributed by atoms with E-state index in [-0.39, 0.29) is 12.4 Å². The molecule has 0 aliphatic heterocycles. The first-order chi connectivity index (χ1) is 10.6. The second-order valence-electron chi connectivity index (χ2n) is 5.05. The van der Waals surface area contributed by atoms with Crippen LogP contribution < -0.4 is 4.90 Å². The fourth-order valence-corrected chi connectivity index (χ4v) is 2.29. The van der Waals surface area contributed by atoms with Gasteiger partial charge in [-0.05, 0) is 47.0 Å². The molecule has 0 atom stereocenters. The first-order valence-electron chi connectivity index (χ1n) is 6.90. The quantitative estimate of drug-likeness (QED) is 0.617. The molecule has 0 saturated carbocycles. The van der Waals surface area contributed by atoms with E-state index in [9.17, 15) is 4.39 Å². The van der Waals surface area contributed by atoms with Crippen molar-refractivity contribution in [3.63, 3.8) is 0 Å². The molecule has 22 heavy (non-hydrogen) atoms. The number of fused-ring (bicyclic) bond motifs is 1. The average molecular weight is 293 g/mol. The third kappa shape index (κ3) is 3.07. The van der Waals surface area contributed by atoms with Crippen molar-refractivity contribution in [2.24, 2.45) is 0 Å². The molecule has 0 spiro atoms. The van der Waals surface area contributed by atoms with Crippen LogP contribution in [-0.4, -0.2) is 20.3 Å². The van der Waals surface area contributed by atoms with Crippen LogP contribution in [0, 0.1) is 17.9 Å². The van der Waals surface area contributed by atoms with Crippen LogP contribution >= 0.6 is 0 Å². The summed E-state index contributed by atoms with van der Waals surface area (Å²) in [6, 6.07) is 13.7. The summed E-state index contributed by atoms with van der Waals surface area (Å²) in [5, 5.41) is 11.0. The van der Waals surface area contributed by atoms with Crippen molar-refractivity contribution < 1.29 is 4.39 Å². The summed E-state index contributed by atoms with van der Waals surface area (Å²) in [5.41, 5.74) is 2.62. The molecule has 0 radical (unpaired) electrons. The molecule has 2 rings (SSSR count). The zero-order chi connectivity index (χ0) is 16.1. The number of hydrogen-bond donors (Lipinski definition) is 0. The molecule has 0 unspecified atom stereocenters. The normalized spacial score (nSPS) is 11.5. The standard InChI is InChI=1S/C18H16FN3/c1-13(18(12-20)21-2)14-4-5-16-11-17(22(3)9-8-19)7-6-15(16)10-14/h4-7,10-11H,8-9H2,1,3H3/b18-13-. The van der Waals surface area contributed by atoms with E-state index >= 15 is 0 Å². The van der Waals surface area contributed by atoms with Gasteiger partial charge in [0.05, 0.1) is 12.6 Å². The minimum atomic E-state index is -0.384.